The van der Waals surface area contributed by atoms with Gasteiger partial charge < -0.3 is 9.47 Å². The summed E-state index contributed by atoms with van der Waals surface area (Å²) in [5, 5.41) is 0. The number of hydrogen-bond donors (Lipinski definition) is 0. The van der Waals surface area contributed by atoms with Crippen LogP contribution >= 0.6 is 11.8 Å². The Morgan fingerprint density at radius 2 is 2.31 bits per heavy atom. The van der Waals surface area contributed by atoms with Gasteiger partial charge in [-0.2, -0.15) is 11.8 Å². The first-order valence-corrected chi connectivity index (χ1v) is 7.26. The van der Waals surface area contributed by atoms with Crippen LogP contribution in [0.5, 0.6) is 0 Å². The summed E-state index contributed by atoms with van der Waals surface area (Å²) in [6.07, 6.45) is 4.48. The van der Waals surface area contributed by atoms with Gasteiger partial charge in [0.15, 0.2) is 0 Å². The van der Waals surface area contributed by atoms with Gasteiger partial charge in [-0.05, 0) is 19.1 Å². The lowest BCUT2D eigenvalue weighted by Crippen LogP contribution is -2.65. The molecule has 3 nitrogen and oxygen atoms in total. The molecule has 0 aromatic heterocycles. The first-order valence-electron chi connectivity index (χ1n) is 5.87. The minimum atomic E-state index is -0.0883. The highest BCUT2D eigenvalue weighted by Crippen LogP contribution is 2.52. The molecule has 1 saturated heterocycles. The lowest BCUT2D eigenvalue weighted by atomic mass is 9.57. The zero-order chi connectivity index (χ0) is 11.8. The molecule has 4 heteroatoms. The van der Waals surface area contributed by atoms with Crippen molar-refractivity contribution in [2.45, 2.75) is 38.9 Å². The maximum absolute atomic E-state index is 11.5. The fourth-order valence-corrected chi connectivity index (χ4v) is 3.31. The van der Waals surface area contributed by atoms with Gasteiger partial charge in [-0.3, -0.25) is 4.79 Å². The fourth-order valence-electron chi connectivity index (χ4n) is 3.01. The number of esters is 1. The molecule has 3 unspecified atom stereocenters. The SMILES string of the molecule is CSCC(=O)OC1C2CCCOC2C1(C)C. The smallest absolute Gasteiger partial charge is 0.316 e. The standard InChI is InChI=1S/C12H20O3S/c1-12(2)10-8(5-4-6-14-10)11(12)15-9(13)7-16-3/h8,10-11H,4-7H2,1-3H3. The molecule has 3 atom stereocenters. The summed E-state index contributed by atoms with van der Waals surface area (Å²) in [5.74, 6) is 0.786. The Morgan fingerprint density at radius 1 is 1.56 bits per heavy atom. The van der Waals surface area contributed by atoms with Gasteiger partial charge in [-0.1, -0.05) is 13.8 Å². The third-order valence-electron chi connectivity index (χ3n) is 3.74. The van der Waals surface area contributed by atoms with E-state index in [0.717, 1.165) is 19.4 Å². The molecule has 1 heterocycles. The Labute approximate surface area is 101 Å². The predicted molar refractivity (Wildman–Crippen MR) is 64.5 cm³/mol. The van der Waals surface area contributed by atoms with E-state index < -0.39 is 0 Å². The van der Waals surface area contributed by atoms with Gasteiger partial charge in [-0.25, -0.2) is 0 Å². The van der Waals surface area contributed by atoms with E-state index in [-0.39, 0.29) is 23.6 Å². The summed E-state index contributed by atoms with van der Waals surface area (Å²) in [4.78, 5) is 11.5. The van der Waals surface area contributed by atoms with Crippen molar-refractivity contribution in [3.8, 4) is 0 Å². The molecule has 1 saturated carbocycles. The number of carbonyl (C=O) groups is 1. The van der Waals surface area contributed by atoms with Gasteiger partial charge in [0.25, 0.3) is 0 Å². The molecule has 2 rings (SSSR count). The fraction of sp³-hybridized carbons (Fsp3) is 0.917. The van der Waals surface area contributed by atoms with Gasteiger partial charge >= 0.3 is 5.97 Å². The van der Waals surface area contributed by atoms with Crippen LogP contribution in [0.3, 0.4) is 0 Å². The Kier molecular flexibility index (Phi) is 3.50. The van der Waals surface area contributed by atoms with Crippen LogP contribution in [0.15, 0.2) is 0 Å². The highest BCUT2D eigenvalue weighted by atomic mass is 32.2. The number of fused-ring (bicyclic) bond motifs is 1. The molecule has 0 aromatic carbocycles. The number of hydrogen-bond acceptors (Lipinski definition) is 4. The molecule has 0 radical (unpaired) electrons. The van der Waals surface area contributed by atoms with Crippen LogP contribution in [0.4, 0.5) is 0 Å². The third-order valence-corrected chi connectivity index (χ3v) is 4.27. The molecule has 0 N–H and O–H groups in total. The highest BCUT2D eigenvalue weighted by molar-refractivity contribution is 7.99. The van der Waals surface area contributed by atoms with E-state index in [1.807, 2.05) is 6.26 Å². The number of carbonyl (C=O) groups excluding carboxylic acids is 1. The zero-order valence-electron chi connectivity index (χ0n) is 10.2. The second kappa shape index (κ2) is 4.57. The Morgan fingerprint density at radius 3 is 3.00 bits per heavy atom. The van der Waals surface area contributed by atoms with E-state index in [1.165, 1.54) is 11.8 Å². The molecule has 1 aliphatic carbocycles. The summed E-state index contributed by atoms with van der Waals surface area (Å²) in [6.45, 7) is 5.13. The predicted octanol–water partition coefficient (Wildman–Crippen LogP) is 2.10. The van der Waals surface area contributed by atoms with Crippen LogP contribution in [0.2, 0.25) is 0 Å². The molecule has 16 heavy (non-hydrogen) atoms. The zero-order valence-corrected chi connectivity index (χ0v) is 11.0. The van der Waals surface area contributed by atoms with Crippen molar-refractivity contribution in [2.24, 2.45) is 11.3 Å². The van der Waals surface area contributed by atoms with Gasteiger partial charge in [-0.15, -0.1) is 0 Å². The van der Waals surface area contributed by atoms with E-state index in [2.05, 4.69) is 13.8 Å². The van der Waals surface area contributed by atoms with Crippen LogP contribution in [0.25, 0.3) is 0 Å². The van der Waals surface area contributed by atoms with Gasteiger partial charge in [0.2, 0.25) is 0 Å². The molecular weight excluding hydrogens is 224 g/mol. The van der Waals surface area contributed by atoms with E-state index in [4.69, 9.17) is 9.47 Å². The van der Waals surface area contributed by atoms with Crippen LogP contribution in [0.1, 0.15) is 26.7 Å². The second-order valence-corrected chi connectivity index (χ2v) is 6.13. The summed E-state index contributed by atoms with van der Waals surface area (Å²) in [6, 6.07) is 0. The summed E-state index contributed by atoms with van der Waals surface area (Å²) >= 11 is 1.51. The molecule has 2 fully saturated rings. The normalized spacial score (nSPS) is 36.1. The monoisotopic (exact) mass is 244 g/mol. The topological polar surface area (TPSA) is 35.5 Å². The van der Waals surface area contributed by atoms with E-state index in [1.54, 1.807) is 0 Å². The van der Waals surface area contributed by atoms with E-state index >= 15 is 0 Å². The summed E-state index contributed by atoms with van der Waals surface area (Å²) < 4.78 is 11.3. The van der Waals surface area contributed by atoms with Crippen LogP contribution in [-0.2, 0) is 14.3 Å². The number of rotatable bonds is 3. The van der Waals surface area contributed by atoms with Crippen molar-refractivity contribution in [1.29, 1.82) is 0 Å². The van der Waals surface area contributed by atoms with Crippen molar-refractivity contribution in [3.63, 3.8) is 0 Å². The quantitative estimate of drug-likeness (QED) is 0.712. The summed E-state index contributed by atoms with van der Waals surface area (Å²) in [5.41, 5.74) is -0.0147. The third kappa shape index (κ3) is 1.97. The number of ether oxygens (including phenoxy) is 2. The molecular formula is C12H20O3S. The molecule has 92 valence electrons. The minimum absolute atomic E-state index is 0.0147. The maximum atomic E-state index is 11.5. The van der Waals surface area contributed by atoms with Crippen molar-refractivity contribution in [1.82, 2.24) is 0 Å². The van der Waals surface area contributed by atoms with E-state index in [9.17, 15) is 4.79 Å². The Bertz CT molecular complexity index is 277. The molecule has 1 aliphatic heterocycles. The minimum Gasteiger partial charge on any atom is -0.461 e. The molecule has 2 aliphatic rings. The van der Waals surface area contributed by atoms with Crippen LogP contribution in [-0.4, -0.2) is 36.8 Å². The Balaban J connectivity index is 1.96. The molecule has 0 bridgehead atoms. The highest BCUT2D eigenvalue weighted by Gasteiger charge is 2.60. The Hall–Kier alpha value is -0.220. The van der Waals surface area contributed by atoms with Gasteiger partial charge in [0.1, 0.15) is 6.10 Å². The summed E-state index contributed by atoms with van der Waals surface area (Å²) in [7, 11) is 0. The second-order valence-electron chi connectivity index (χ2n) is 5.26. The van der Waals surface area contributed by atoms with E-state index in [0.29, 0.717) is 11.7 Å². The molecule has 0 aromatic rings. The average Bonchev–Trinajstić information content (AvgIpc) is 2.26. The maximum Gasteiger partial charge on any atom is 0.316 e. The van der Waals surface area contributed by atoms with Crippen LogP contribution in [0, 0.1) is 11.3 Å². The van der Waals surface area contributed by atoms with Crippen molar-refractivity contribution < 1.29 is 14.3 Å². The van der Waals surface area contributed by atoms with Crippen molar-refractivity contribution >= 4 is 17.7 Å². The van der Waals surface area contributed by atoms with Crippen molar-refractivity contribution in [3.05, 3.63) is 0 Å². The van der Waals surface area contributed by atoms with Gasteiger partial charge in [0.05, 0.1) is 11.9 Å². The average molecular weight is 244 g/mol. The molecule has 0 spiro atoms. The van der Waals surface area contributed by atoms with Gasteiger partial charge in [0, 0.05) is 17.9 Å². The lowest BCUT2D eigenvalue weighted by molar-refractivity contribution is -0.253. The van der Waals surface area contributed by atoms with Crippen molar-refractivity contribution in [2.75, 3.05) is 18.6 Å². The lowest BCUT2D eigenvalue weighted by Gasteiger charge is -2.58. The first-order chi connectivity index (χ1) is 7.57. The molecule has 0 amide bonds. The first kappa shape index (κ1) is 12.2. The van der Waals surface area contributed by atoms with Crippen LogP contribution < -0.4 is 0 Å². The largest absolute Gasteiger partial charge is 0.461 e. The number of thioether (sulfide) groups is 1.